The Morgan fingerprint density at radius 2 is 1.85 bits per heavy atom. The number of aliphatic imine (C=N–C) groups is 1. The molecule has 2 aromatic carbocycles. The van der Waals surface area contributed by atoms with Gasteiger partial charge in [0, 0.05) is 15.6 Å². The van der Waals surface area contributed by atoms with Crippen LogP contribution in [0.4, 0.5) is 0 Å². The third-order valence-corrected chi connectivity index (χ3v) is 4.56. The average molecular weight is 399 g/mol. The number of nitrogens with zero attached hydrogens (tertiary/aromatic N) is 2. The maximum atomic E-state index is 12.3. The molecule has 5 nitrogen and oxygen atoms in total. The highest BCUT2D eigenvalue weighted by Gasteiger charge is 2.30. The molecule has 4 rings (SSSR count). The molecule has 1 aromatic heterocycles. The van der Waals surface area contributed by atoms with Gasteiger partial charge in [0.05, 0.1) is 0 Å². The third-order valence-electron chi connectivity index (χ3n) is 4.00. The van der Waals surface area contributed by atoms with E-state index in [1.807, 2.05) is 30.3 Å². The van der Waals surface area contributed by atoms with E-state index in [4.69, 9.17) is 32.5 Å². The molecule has 0 amide bonds. The van der Waals surface area contributed by atoms with Crippen molar-refractivity contribution in [2.75, 3.05) is 0 Å². The maximum absolute atomic E-state index is 12.3. The van der Waals surface area contributed by atoms with Gasteiger partial charge in [0.1, 0.15) is 17.0 Å². The minimum atomic E-state index is -0.573. The Labute approximate surface area is 164 Å². The number of hydrogen-bond donors (Lipinski definition) is 0. The molecule has 0 N–H and O–H groups in total. The number of aromatic nitrogens is 1. The lowest BCUT2D eigenvalue weighted by molar-refractivity contribution is -0.129. The van der Waals surface area contributed by atoms with Crippen LogP contribution in [0.3, 0.4) is 0 Å². The zero-order valence-electron chi connectivity index (χ0n) is 14.1. The molecular weight excluding hydrogens is 387 g/mol. The van der Waals surface area contributed by atoms with E-state index in [0.29, 0.717) is 32.6 Å². The molecule has 0 radical (unpaired) electrons. The molecule has 3 aromatic rings. The van der Waals surface area contributed by atoms with Crippen LogP contribution in [-0.4, -0.2) is 17.0 Å². The molecule has 0 saturated heterocycles. The SMILES string of the molecule is Cc1onc(-c2ccccc2)c1C1=N/C(=C\c2ccc(Cl)cc2Cl)C(=O)O1. The number of cyclic esters (lactones) is 1. The van der Waals surface area contributed by atoms with Gasteiger partial charge in [0.2, 0.25) is 5.90 Å². The summed E-state index contributed by atoms with van der Waals surface area (Å²) in [5.74, 6) is 0.0794. The zero-order valence-corrected chi connectivity index (χ0v) is 15.6. The van der Waals surface area contributed by atoms with Gasteiger partial charge in [-0.3, -0.25) is 0 Å². The summed E-state index contributed by atoms with van der Waals surface area (Å²) in [5, 5.41) is 5.01. The van der Waals surface area contributed by atoms with E-state index in [-0.39, 0.29) is 11.6 Å². The summed E-state index contributed by atoms with van der Waals surface area (Å²) in [5.41, 5.74) is 2.68. The lowest BCUT2D eigenvalue weighted by Gasteiger charge is -2.01. The molecule has 0 saturated carbocycles. The van der Waals surface area contributed by atoms with E-state index in [2.05, 4.69) is 10.1 Å². The second-order valence-corrected chi connectivity index (χ2v) is 6.67. The molecule has 0 bridgehead atoms. The minimum Gasteiger partial charge on any atom is -0.402 e. The lowest BCUT2D eigenvalue weighted by Crippen LogP contribution is -2.07. The summed E-state index contributed by atoms with van der Waals surface area (Å²) in [6.45, 7) is 1.74. The van der Waals surface area contributed by atoms with Gasteiger partial charge in [0.15, 0.2) is 5.70 Å². The molecule has 7 heteroatoms. The summed E-state index contributed by atoms with van der Waals surface area (Å²) in [6, 6.07) is 14.4. The van der Waals surface area contributed by atoms with E-state index < -0.39 is 5.97 Å². The number of halogens is 2. The third kappa shape index (κ3) is 3.39. The van der Waals surface area contributed by atoms with Crippen LogP contribution < -0.4 is 0 Å². The maximum Gasteiger partial charge on any atom is 0.363 e. The van der Waals surface area contributed by atoms with Crippen molar-refractivity contribution in [2.24, 2.45) is 4.99 Å². The summed E-state index contributed by atoms with van der Waals surface area (Å²) in [7, 11) is 0. The lowest BCUT2D eigenvalue weighted by atomic mass is 10.1. The largest absolute Gasteiger partial charge is 0.402 e. The summed E-state index contributed by atoms with van der Waals surface area (Å²) in [4.78, 5) is 16.6. The van der Waals surface area contributed by atoms with E-state index in [9.17, 15) is 4.79 Å². The number of esters is 1. The van der Waals surface area contributed by atoms with Gasteiger partial charge in [0.25, 0.3) is 0 Å². The van der Waals surface area contributed by atoms with Crippen molar-refractivity contribution in [3.05, 3.63) is 81.2 Å². The predicted molar refractivity (Wildman–Crippen MR) is 104 cm³/mol. The van der Waals surface area contributed by atoms with Crippen molar-refractivity contribution < 1.29 is 14.1 Å². The van der Waals surface area contributed by atoms with Crippen LogP contribution in [0.25, 0.3) is 17.3 Å². The Hall–Kier alpha value is -2.89. The number of rotatable bonds is 3. The molecule has 1 aliphatic rings. The molecule has 0 atom stereocenters. The van der Waals surface area contributed by atoms with Gasteiger partial charge in [-0.25, -0.2) is 9.79 Å². The van der Waals surface area contributed by atoms with E-state index in [0.717, 1.165) is 5.56 Å². The second kappa shape index (κ2) is 7.02. The van der Waals surface area contributed by atoms with Crippen LogP contribution >= 0.6 is 23.2 Å². The summed E-state index contributed by atoms with van der Waals surface area (Å²) < 4.78 is 10.7. The fourth-order valence-electron chi connectivity index (χ4n) is 2.70. The summed E-state index contributed by atoms with van der Waals surface area (Å²) >= 11 is 12.1. The van der Waals surface area contributed by atoms with Gasteiger partial charge in [-0.2, -0.15) is 0 Å². The second-order valence-electron chi connectivity index (χ2n) is 5.83. The fourth-order valence-corrected chi connectivity index (χ4v) is 3.16. The average Bonchev–Trinajstić information content (AvgIpc) is 3.21. The van der Waals surface area contributed by atoms with Gasteiger partial charge >= 0.3 is 5.97 Å². The Morgan fingerprint density at radius 1 is 1.07 bits per heavy atom. The highest BCUT2D eigenvalue weighted by molar-refractivity contribution is 6.35. The monoisotopic (exact) mass is 398 g/mol. The van der Waals surface area contributed by atoms with Crippen LogP contribution in [-0.2, 0) is 9.53 Å². The molecule has 0 spiro atoms. The fraction of sp³-hybridized carbons (Fsp3) is 0.0500. The molecule has 1 aliphatic heterocycles. The van der Waals surface area contributed by atoms with E-state index in [1.165, 1.54) is 0 Å². The number of ether oxygens (including phenoxy) is 1. The van der Waals surface area contributed by atoms with Crippen molar-refractivity contribution in [1.29, 1.82) is 0 Å². The van der Waals surface area contributed by atoms with Crippen LogP contribution in [0.15, 0.2) is 63.7 Å². The first-order valence-electron chi connectivity index (χ1n) is 8.02. The Balaban J connectivity index is 1.76. The minimum absolute atomic E-state index is 0.133. The molecule has 0 unspecified atom stereocenters. The van der Waals surface area contributed by atoms with Crippen LogP contribution in [0, 0.1) is 6.92 Å². The topological polar surface area (TPSA) is 64.7 Å². The van der Waals surface area contributed by atoms with Crippen molar-refractivity contribution in [3.63, 3.8) is 0 Å². The molecular formula is C20H12Cl2N2O3. The molecule has 0 fully saturated rings. The van der Waals surface area contributed by atoms with Gasteiger partial charge in [-0.15, -0.1) is 0 Å². The van der Waals surface area contributed by atoms with Gasteiger partial charge < -0.3 is 9.26 Å². The number of carbonyl (C=O) groups excluding carboxylic acids is 1. The molecule has 0 aliphatic carbocycles. The Bertz CT molecular complexity index is 1100. The van der Waals surface area contributed by atoms with Crippen LogP contribution in [0.5, 0.6) is 0 Å². The Kier molecular flexibility index (Phi) is 4.56. The van der Waals surface area contributed by atoms with Crippen LogP contribution in [0.1, 0.15) is 16.9 Å². The number of carbonyl (C=O) groups is 1. The first-order chi connectivity index (χ1) is 13.0. The number of benzene rings is 2. The van der Waals surface area contributed by atoms with Gasteiger partial charge in [-0.05, 0) is 30.7 Å². The first kappa shape index (κ1) is 17.5. The van der Waals surface area contributed by atoms with Crippen LogP contribution in [0.2, 0.25) is 10.0 Å². The highest BCUT2D eigenvalue weighted by Crippen LogP contribution is 2.30. The first-order valence-corrected chi connectivity index (χ1v) is 8.78. The van der Waals surface area contributed by atoms with Crippen molar-refractivity contribution in [1.82, 2.24) is 5.16 Å². The quantitative estimate of drug-likeness (QED) is 0.443. The van der Waals surface area contributed by atoms with E-state index in [1.54, 1.807) is 31.2 Å². The number of aryl methyl sites for hydroxylation is 1. The predicted octanol–water partition coefficient (Wildman–Crippen LogP) is 5.30. The number of hydrogen-bond acceptors (Lipinski definition) is 5. The molecule has 134 valence electrons. The highest BCUT2D eigenvalue weighted by atomic mass is 35.5. The van der Waals surface area contributed by atoms with Crippen molar-refractivity contribution >= 4 is 41.1 Å². The summed E-state index contributed by atoms with van der Waals surface area (Å²) in [6.07, 6.45) is 1.55. The molecule has 2 heterocycles. The van der Waals surface area contributed by atoms with E-state index >= 15 is 0 Å². The Morgan fingerprint density at radius 3 is 2.59 bits per heavy atom. The standard InChI is InChI=1S/C20H12Cl2N2O3/c1-11-17(18(24-27-11)12-5-3-2-4-6-12)19-23-16(20(25)26-19)9-13-7-8-14(21)10-15(13)22/h2-10H,1H3/b16-9-. The van der Waals surface area contributed by atoms with Crippen molar-refractivity contribution in [3.8, 4) is 11.3 Å². The normalized spacial score (nSPS) is 15.1. The van der Waals surface area contributed by atoms with Gasteiger partial charge in [-0.1, -0.05) is 64.8 Å². The smallest absolute Gasteiger partial charge is 0.363 e. The van der Waals surface area contributed by atoms with Crippen molar-refractivity contribution in [2.45, 2.75) is 6.92 Å². The molecule has 27 heavy (non-hydrogen) atoms. The zero-order chi connectivity index (χ0) is 19.0.